The second kappa shape index (κ2) is 6.58. The smallest absolute Gasteiger partial charge is 0.293 e. The number of hydrogen-bond donors (Lipinski definition) is 1. The van der Waals surface area contributed by atoms with Crippen molar-refractivity contribution in [3.8, 4) is 5.75 Å². The van der Waals surface area contributed by atoms with E-state index in [0.717, 1.165) is 17.3 Å². The van der Waals surface area contributed by atoms with Crippen molar-refractivity contribution in [2.45, 2.75) is 6.92 Å². The van der Waals surface area contributed by atoms with E-state index in [9.17, 15) is 9.59 Å². The van der Waals surface area contributed by atoms with Crippen LogP contribution in [0.15, 0.2) is 29.2 Å². The van der Waals surface area contributed by atoms with E-state index in [0.29, 0.717) is 17.3 Å². The van der Waals surface area contributed by atoms with Crippen LogP contribution in [0.1, 0.15) is 12.5 Å². The lowest BCUT2D eigenvalue weighted by molar-refractivity contribution is -0.122. The Morgan fingerprint density at radius 1 is 1.35 bits per heavy atom. The van der Waals surface area contributed by atoms with Crippen LogP contribution < -0.4 is 10.5 Å². The molecule has 1 aromatic carbocycles. The highest BCUT2D eigenvalue weighted by atomic mass is 32.2. The van der Waals surface area contributed by atoms with Crippen LogP contribution >= 0.6 is 11.8 Å². The Balaban J connectivity index is 2.28. The fourth-order valence-corrected chi connectivity index (χ4v) is 2.71. The van der Waals surface area contributed by atoms with Crippen LogP contribution in [-0.2, 0) is 4.79 Å². The lowest BCUT2D eigenvalue weighted by atomic mass is 10.2. The molecule has 106 valence electrons. The Bertz CT molecular complexity index is 557. The number of thioether (sulfide) groups is 1. The van der Waals surface area contributed by atoms with Crippen molar-refractivity contribution in [2.24, 2.45) is 5.73 Å². The van der Waals surface area contributed by atoms with E-state index in [1.54, 1.807) is 6.08 Å². The molecule has 1 saturated heterocycles. The van der Waals surface area contributed by atoms with Crippen molar-refractivity contribution in [3.05, 3.63) is 34.7 Å². The summed E-state index contributed by atoms with van der Waals surface area (Å²) in [5.74, 6) is 0.400. The van der Waals surface area contributed by atoms with Gasteiger partial charge in [-0.25, -0.2) is 0 Å². The maximum absolute atomic E-state index is 12.1. The molecule has 0 bridgehead atoms. The first kappa shape index (κ1) is 14.6. The summed E-state index contributed by atoms with van der Waals surface area (Å²) >= 11 is 0.931. The molecule has 1 fully saturated rings. The number of nitrogens with zero attached hydrogens (tertiary/aromatic N) is 1. The molecule has 2 N–H and O–H groups in total. The average molecular weight is 292 g/mol. The first-order valence-electron chi connectivity index (χ1n) is 6.34. The van der Waals surface area contributed by atoms with Crippen LogP contribution in [0.5, 0.6) is 5.75 Å². The zero-order valence-corrected chi connectivity index (χ0v) is 12.0. The number of carbonyl (C=O) groups excluding carboxylic acids is 2. The molecule has 5 nitrogen and oxygen atoms in total. The van der Waals surface area contributed by atoms with Gasteiger partial charge in [0.15, 0.2) is 0 Å². The normalized spacial score (nSPS) is 17.1. The van der Waals surface area contributed by atoms with E-state index in [4.69, 9.17) is 10.5 Å². The first-order chi connectivity index (χ1) is 9.67. The maximum atomic E-state index is 12.1. The van der Waals surface area contributed by atoms with Gasteiger partial charge in [-0.05, 0) is 30.8 Å². The van der Waals surface area contributed by atoms with Crippen molar-refractivity contribution < 1.29 is 14.3 Å². The van der Waals surface area contributed by atoms with Gasteiger partial charge in [-0.1, -0.05) is 18.2 Å². The van der Waals surface area contributed by atoms with Crippen LogP contribution in [0, 0.1) is 0 Å². The first-order valence-corrected chi connectivity index (χ1v) is 7.16. The van der Waals surface area contributed by atoms with Crippen LogP contribution in [0.2, 0.25) is 0 Å². The molecule has 2 rings (SSSR count). The summed E-state index contributed by atoms with van der Waals surface area (Å²) in [6.07, 6.45) is 1.69. The molecule has 2 amide bonds. The van der Waals surface area contributed by atoms with Gasteiger partial charge in [0.05, 0.1) is 11.5 Å². The molecule has 0 aromatic heterocycles. The largest absolute Gasteiger partial charge is 0.493 e. The standard InChI is InChI=1S/C14H16N2O3S/c1-2-19-11-6-4-3-5-10(11)9-12-13(17)16(8-7-15)14(18)20-12/h3-6,9H,2,7-8,15H2,1H3/b12-9+. The molecule has 1 aliphatic rings. The number of rotatable bonds is 5. The van der Waals surface area contributed by atoms with Crippen molar-refractivity contribution in [1.29, 1.82) is 0 Å². The monoisotopic (exact) mass is 292 g/mol. The average Bonchev–Trinajstić information content (AvgIpc) is 2.69. The maximum Gasteiger partial charge on any atom is 0.293 e. The van der Waals surface area contributed by atoms with Crippen LogP contribution in [0.25, 0.3) is 6.08 Å². The minimum absolute atomic E-state index is 0.245. The number of nitrogens with two attached hydrogens (primary N) is 1. The molecule has 0 unspecified atom stereocenters. The summed E-state index contributed by atoms with van der Waals surface area (Å²) in [5.41, 5.74) is 6.18. The predicted molar refractivity (Wildman–Crippen MR) is 79.3 cm³/mol. The van der Waals surface area contributed by atoms with Crippen molar-refractivity contribution in [2.75, 3.05) is 19.7 Å². The number of benzene rings is 1. The summed E-state index contributed by atoms with van der Waals surface area (Å²) in [6.45, 7) is 2.95. The van der Waals surface area contributed by atoms with Gasteiger partial charge < -0.3 is 10.5 Å². The Hall–Kier alpha value is -1.79. The highest BCUT2D eigenvalue weighted by Crippen LogP contribution is 2.33. The van der Waals surface area contributed by atoms with E-state index in [1.807, 2.05) is 31.2 Å². The molecule has 0 atom stereocenters. The molecule has 1 aromatic rings. The minimum Gasteiger partial charge on any atom is -0.493 e. The quantitative estimate of drug-likeness (QED) is 0.841. The topological polar surface area (TPSA) is 72.6 Å². The van der Waals surface area contributed by atoms with E-state index < -0.39 is 0 Å². The Morgan fingerprint density at radius 3 is 2.80 bits per heavy atom. The third kappa shape index (κ3) is 3.02. The number of para-hydroxylation sites is 1. The third-order valence-electron chi connectivity index (χ3n) is 2.73. The fourth-order valence-electron chi connectivity index (χ4n) is 1.85. The molecule has 0 aliphatic carbocycles. The molecule has 1 heterocycles. The molecule has 0 spiro atoms. The highest BCUT2D eigenvalue weighted by molar-refractivity contribution is 8.18. The highest BCUT2D eigenvalue weighted by Gasteiger charge is 2.34. The third-order valence-corrected chi connectivity index (χ3v) is 3.64. The van der Waals surface area contributed by atoms with Crippen molar-refractivity contribution in [1.82, 2.24) is 4.90 Å². The molecular weight excluding hydrogens is 276 g/mol. The Labute approximate surface area is 121 Å². The second-order valence-corrected chi connectivity index (χ2v) is 5.09. The van der Waals surface area contributed by atoms with Crippen molar-refractivity contribution >= 4 is 29.0 Å². The molecular formula is C14H16N2O3S. The van der Waals surface area contributed by atoms with Crippen LogP contribution in [0.4, 0.5) is 4.79 Å². The number of ether oxygens (including phenoxy) is 1. The number of imide groups is 1. The molecule has 0 saturated carbocycles. The van der Waals surface area contributed by atoms with E-state index in [2.05, 4.69) is 0 Å². The van der Waals surface area contributed by atoms with Gasteiger partial charge in [-0.2, -0.15) is 0 Å². The van der Waals surface area contributed by atoms with Gasteiger partial charge >= 0.3 is 0 Å². The second-order valence-electron chi connectivity index (χ2n) is 4.09. The van der Waals surface area contributed by atoms with Gasteiger partial charge in [0, 0.05) is 18.7 Å². The summed E-state index contributed by atoms with van der Waals surface area (Å²) in [7, 11) is 0. The summed E-state index contributed by atoms with van der Waals surface area (Å²) in [5, 5.41) is -0.277. The Morgan fingerprint density at radius 2 is 2.10 bits per heavy atom. The molecule has 6 heteroatoms. The summed E-state index contributed by atoms with van der Waals surface area (Å²) in [4.78, 5) is 25.4. The lowest BCUT2D eigenvalue weighted by Gasteiger charge is -2.09. The van der Waals surface area contributed by atoms with Gasteiger partial charge in [0.25, 0.3) is 11.1 Å². The van der Waals surface area contributed by atoms with E-state index in [1.165, 1.54) is 4.90 Å². The minimum atomic E-state index is -0.295. The number of carbonyl (C=O) groups is 2. The number of hydrogen-bond acceptors (Lipinski definition) is 5. The molecule has 0 radical (unpaired) electrons. The van der Waals surface area contributed by atoms with Gasteiger partial charge in [-0.3, -0.25) is 14.5 Å². The Kier molecular flexibility index (Phi) is 4.81. The SMILES string of the molecule is CCOc1ccccc1/C=C1/SC(=O)N(CCN)C1=O. The lowest BCUT2D eigenvalue weighted by Crippen LogP contribution is -2.33. The van der Waals surface area contributed by atoms with E-state index >= 15 is 0 Å². The van der Waals surface area contributed by atoms with Crippen LogP contribution in [-0.4, -0.2) is 35.7 Å². The van der Waals surface area contributed by atoms with Crippen molar-refractivity contribution in [3.63, 3.8) is 0 Å². The van der Waals surface area contributed by atoms with Crippen LogP contribution in [0.3, 0.4) is 0 Å². The zero-order chi connectivity index (χ0) is 14.5. The number of amides is 2. The summed E-state index contributed by atoms with van der Waals surface area (Å²) < 4.78 is 5.50. The fraction of sp³-hybridized carbons (Fsp3) is 0.286. The molecule has 1 aliphatic heterocycles. The molecule has 20 heavy (non-hydrogen) atoms. The predicted octanol–water partition coefficient (Wildman–Crippen LogP) is 2.08. The van der Waals surface area contributed by atoms with Gasteiger partial charge in [-0.15, -0.1) is 0 Å². The van der Waals surface area contributed by atoms with Gasteiger partial charge in [0.2, 0.25) is 0 Å². The zero-order valence-electron chi connectivity index (χ0n) is 11.2. The van der Waals surface area contributed by atoms with E-state index in [-0.39, 0.29) is 24.2 Å². The van der Waals surface area contributed by atoms with Gasteiger partial charge in [0.1, 0.15) is 5.75 Å². The summed E-state index contributed by atoms with van der Waals surface area (Å²) in [6, 6.07) is 7.41.